The third kappa shape index (κ3) is 4.53. The molecule has 0 spiro atoms. The minimum atomic E-state index is -1.39. The van der Waals surface area contributed by atoms with Gasteiger partial charge >= 0.3 is 12.0 Å². The molecule has 0 saturated heterocycles. The second-order valence-corrected chi connectivity index (χ2v) is 6.71. The minimum absolute atomic E-state index is 0.150. The average molecular weight is 424 g/mol. The first-order chi connectivity index (χ1) is 14.8. The number of primary amides is 1. The number of hydrogen-bond donors (Lipinski definition) is 2. The number of esters is 1. The van der Waals surface area contributed by atoms with Gasteiger partial charge in [-0.05, 0) is 17.7 Å². The van der Waals surface area contributed by atoms with Crippen LogP contribution in [-0.4, -0.2) is 52.9 Å². The molecule has 3 rings (SSSR count). The normalized spacial score (nSPS) is 13.4. The summed E-state index contributed by atoms with van der Waals surface area (Å²) in [5.74, 6) is -3.10. The Hall–Kier alpha value is -4.21. The largest absolute Gasteiger partial charge is 0.467 e. The second kappa shape index (κ2) is 9.08. The van der Waals surface area contributed by atoms with E-state index in [9.17, 15) is 24.0 Å². The van der Waals surface area contributed by atoms with Gasteiger partial charge in [-0.1, -0.05) is 42.5 Å². The summed E-state index contributed by atoms with van der Waals surface area (Å²) in [5.41, 5.74) is 6.08. The van der Waals surface area contributed by atoms with Crippen molar-refractivity contribution in [3.63, 3.8) is 0 Å². The summed E-state index contributed by atoms with van der Waals surface area (Å²) in [6.45, 7) is -0.150. The van der Waals surface area contributed by atoms with Gasteiger partial charge in [-0.25, -0.2) is 14.6 Å². The highest BCUT2D eigenvalue weighted by atomic mass is 16.5. The van der Waals surface area contributed by atoms with Crippen LogP contribution in [0.2, 0.25) is 0 Å². The number of nitrogens with two attached hydrogens (primary N) is 1. The molecule has 2 aromatic carbocycles. The third-order valence-electron chi connectivity index (χ3n) is 4.61. The number of benzene rings is 2. The fourth-order valence-corrected chi connectivity index (χ4v) is 3.15. The van der Waals surface area contributed by atoms with Gasteiger partial charge in [0.25, 0.3) is 11.8 Å². The summed E-state index contributed by atoms with van der Waals surface area (Å²) in [6, 6.07) is 12.5. The van der Waals surface area contributed by atoms with Crippen molar-refractivity contribution in [2.75, 3.05) is 7.11 Å². The summed E-state index contributed by atoms with van der Waals surface area (Å²) >= 11 is 0. The molecular weight excluding hydrogens is 404 g/mol. The van der Waals surface area contributed by atoms with Crippen LogP contribution in [0.4, 0.5) is 4.79 Å². The Morgan fingerprint density at radius 2 is 1.55 bits per heavy atom. The molecule has 2 aromatic rings. The maximum atomic E-state index is 13.1. The number of hydrazine groups is 1. The standard InChI is InChI=1S/C21H20N4O6/c1-31-20(29)16(11-17(22)26)23-21(30)24(12-13-7-3-2-4-8-13)25-18(27)14-9-5-6-10-15(14)19(25)28/h2-10,16H,11-12H2,1H3,(H2,22,26)(H,23,30)/t16-/m0/s1. The molecule has 0 aliphatic carbocycles. The molecule has 0 unspecified atom stereocenters. The zero-order valence-electron chi connectivity index (χ0n) is 16.6. The lowest BCUT2D eigenvalue weighted by Crippen LogP contribution is -2.56. The smallest absolute Gasteiger partial charge is 0.337 e. The van der Waals surface area contributed by atoms with Gasteiger partial charge in [0, 0.05) is 0 Å². The monoisotopic (exact) mass is 424 g/mol. The quantitative estimate of drug-likeness (QED) is 0.498. The van der Waals surface area contributed by atoms with E-state index in [2.05, 4.69) is 10.1 Å². The summed E-state index contributed by atoms with van der Waals surface area (Å²) in [5, 5.41) is 3.93. The number of nitrogens with one attached hydrogen (secondary N) is 1. The van der Waals surface area contributed by atoms with E-state index in [1.807, 2.05) is 0 Å². The lowest BCUT2D eigenvalue weighted by Gasteiger charge is -2.31. The van der Waals surface area contributed by atoms with E-state index < -0.39 is 42.2 Å². The van der Waals surface area contributed by atoms with Crippen molar-refractivity contribution in [3.8, 4) is 0 Å². The van der Waals surface area contributed by atoms with Crippen molar-refractivity contribution in [3.05, 3.63) is 71.3 Å². The maximum absolute atomic E-state index is 13.1. The average Bonchev–Trinajstić information content (AvgIpc) is 3.01. The second-order valence-electron chi connectivity index (χ2n) is 6.71. The van der Waals surface area contributed by atoms with Gasteiger partial charge in [0.05, 0.1) is 31.2 Å². The molecule has 0 saturated carbocycles. The van der Waals surface area contributed by atoms with E-state index in [1.165, 1.54) is 12.1 Å². The number of ether oxygens (including phenoxy) is 1. The molecule has 10 nitrogen and oxygen atoms in total. The number of carbonyl (C=O) groups is 5. The van der Waals surface area contributed by atoms with Crippen LogP contribution in [0.25, 0.3) is 0 Å². The van der Waals surface area contributed by atoms with Crippen LogP contribution in [0, 0.1) is 0 Å². The van der Waals surface area contributed by atoms with Crippen LogP contribution in [0.3, 0.4) is 0 Å². The predicted octanol–water partition coefficient (Wildman–Crippen LogP) is 0.826. The van der Waals surface area contributed by atoms with E-state index in [1.54, 1.807) is 42.5 Å². The molecule has 0 aromatic heterocycles. The highest BCUT2D eigenvalue weighted by Gasteiger charge is 2.42. The highest BCUT2D eigenvalue weighted by molar-refractivity contribution is 6.21. The van der Waals surface area contributed by atoms with Gasteiger partial charge in [-0.2, -0.15) is 5.01 Å². The van der Waals surface area contributed by atoms with Gasteiger partial charge in [0.1, 0.15) is 6.04 Å². The van der Waals surface area contributed by atoms with Crippen LogP contribution in [0.15, 0.2) is 54.6 Å². The summed E-state index contributed by atoms with van der Waals surface area (Å²) in [6.07, 6.45) is -0.514. The number of carbonyl (C=O) groups excluding carboxylic acids is 5. The van der Waals surface area contributed by atoms with Crippen LogP contribution >= 0.6 is 0 Å². The number of methoxy groups -OCH3 is 1. The molecule has 0 radical (unpaired) electrons. The van der Waals surface area contributed by atoms with Gasteiger partial charge in [-0.3, -0.25) is 14.4 Å². The Balaban J connectivity index is 1.94. The SMILES string of the molecule is COC(=O)[C@H](CC(N)=O)NC(=O)N(Cc1ccccc1)N1C(=O)c2ccccc2C1=O. The number of nitrogens with zero attached hydrogens (tertiary/aromatic N) is 2. The van der Waals surface area contributed by atoms with Crippen molar-refractivity contribution >= 4 is 29.7 Å². The molecule has 0 fully saturated rings. The van der Waals surface area contributed by atoms with Crippen molar-refractivity contribution in [2.24, 2.45) is 5.73 Å². The first-order valence-electron chi connectivity index (χ1n) is 9.29. The van der Waals surface area contributed by atoms with Gasteiger partial charge in [-0.15, -0.1) is 0 Å². The summed E-state index contributed by atoms with van der Waals surface area (Å²) < 4.78 is 4.60. The van der Waals surface area contributed by atoms with E-state index >= 15 is 0 Å². The minimum Gasteiger partial charge on any atom is -0.467 e. The van der Waals surface area contributed by atoms with Crippen LogP contribution in [-0.2, 0) is 20.9 Å². The zero-order chi connectivity index (χ0) is 22.5. The Morgan fingerprint density at radius 3 is 2.06 bits per heavy atom. The molecular formula is C21H20N4O6. The highest BCUT2D eigenvalue weighted by Crippen LogP contribution is 2.25. The van der Waals surface area contributed by atoms with E-state index in [-0.39, 0.29) is 17.7 Å². The van der Waals surface area contributed by atoms with E-state index in [4.69, 9.17) is 5.73 Å². The third-order valence-corrected chi connectivity index (χ3v) is 4.61. The summed E-state index contributed by atoms with van der Waals surface area (Å²) in [4.78, 5) is 62.2. The predicted molar refractivity (Wildman–Crippen MR) is 107 cm³/mol. The van der Waals surface area contributed by atoms with Crippen molar-refractivity contribution < 1.29 is 28.7 Å². The first-order valence-corrected chi connectivity index (χ1v) is 9.29. The fraction of sp³-hybridized carbons (Fsp3) is 0.190. The van der Waals surface area contributed by atoms with Crippen LogP contribution < -0.4 is 11.1 Å². The molecule has 1 aliphatic rings. The molecule has 31 heavy (non-hydrogen) atoms. The molecule has 3 N–H and O–H groups in total. The molecule has 1 heterocycles. The molecule has 5 amide bonds. The number of fused-ring (bicyclic) bond motifs is 1. The Morgan fingerprint density at radius 1 is 1.00 bits per heavy atom. The van der Waals surface area contributed by atoms with E-state index in [0.717, 1.165) is 12.1 Å². The number of imide groups is 1. The van der Waals surface area contributed by atoms with Gasteiger partial charge < -0.3 is 15.8 Å². The summed E-state index contributed by atoms with van der Waals surface area (Å²) in [7, 11) is 1.09. The van der Waals surface area contributed by atoms with Crippen LogP contribution in [0.1, 0.15) is 32.7 Å². The van der Waals surface area contributed by atoms with Crippen molar-refractivity contribution in [2.45, 2.75) is 19.0 Å². The number of urea groups is 1. The van der Waals surface area contributed by atoms with Gasteiger partial charge in [0.2, 0.25) is 5.91 Å². The van der Waals surface area contributed by atoms with Gasteiger partial charge in [0.15, 0.2) is 0 Å². The lowest BCUT2D eigenvalue weighted by molar-refractivity contribution is -0.144. The van der Waals surface area contributed by atoms with Crippen molar-refractivity contribution in [1.82, 2.24) is 15.3 Å². The maximum Gasteiger partial charge on any atom is 0.337 e. The first kappa shape index (κ1) is 21.5. The zero-order valence-corrected chi connectivity index (χ0v) is 16.6. The Bertz CT molecular complexity index is 1000. The topological polar surface area (TPSA) is 139 Å². The molecule has 1 aliphatic heterocycles. The molecule has 1 atom stereocenters. The number of hydrogen-bond acceptors (Lipinski definition) is 6. The van der Waals surface area contributed by atoms with Crippen LogP contribution in [0.5, 0.6) is 0 Å². The van der Waals surface area contributed by atoms with E-state index in [0.29, 0.717) is 10.6 Å². The number of amides is 5. The Labute approximate surface area is 177 Å². The Kier molecular flexibility index (Phi) is 6.29. The molecule has 10 heteroatoms. The number of rotatable bonds is 7. The fourth-order valence-electron chi connectivity index (χ4n) is 3.15. The van der Waals surface area contributed by atoms with Crippen molar-refractivity contribution in [1.29, 1.82) is 0 Å². The lowest BCUT2D eigenvalue weighted by atomic mass is 10.1. The molecule has 0 bridgehead atoms. The molecule has 160 valence electrons.